The summed E-state index contributed by atoms with van der Waals surface area (Å²) < 4.78 is 37.7. The highest BCUT2D eigenvalue weighted by Crippen LogP contribution is 2.34. The van der Waals surface area contributed by atoms with Gasteiger partial charge in [-0.05, 0) is 48.7 Å². The SMILES string of the molecule is CSc1nc(N)c(N=Nc2ccc(N=Nc3ccc(SOOO)cc3)cc2S(=O)(=O)O)c(N)n1. The lowest BCUT2D eigenvalue weighted by Crippen LogP contribution is -2.00. The summed E-state index contributed by atoms with van der Waals surface area (Å²) in [5.74, 6) is -0.0846. The van der Waals surface area contributed by atoms with Crippen molar-refractivity contribution in [2.45, 2.75) is 14.9 Å². The van der Waals surface area contributed by atoms with Crippen molar-refractivity contribution >= 4 is 68.3 Å². The summed E-state index contributed by atoms with van der Waals surface area (Å²) in [5, 5.41) is 27.7. The van der Waals surface area contributed by atoms with Gasteiger partial charge in [0, 0.05) is 4.90 Å². The van der Waals surface area contributed by atoms with E-state index in [-0.39, 0.29) is 28.7 Å². The monoisotopic (exact) mass is 524 g/mol. The molecule has 0 unspecified atom stereocenters. The Balaban J connectivity index is 1.88. The molecule has 17 heteroatoms. The second kappa shape index (κ2) is 11.3. The first-order valence-electron chi connectivity index (χ1n) is 8.88. The summed E-state index contributed by atoms with van der Waals surface area (Å²) in [6.07, 6.45) is 1.74. The van der Waals surface area contributed by atoms with Crippen LogP contribution in [0.25, 0.3) is 0 Å². The Labute approximate surface area is 201 Å². The molecular weight excluding hydrogens is 508 g/mol. The number of azo groups is 2. The summed E-state index contributed by atoms with van der Waals surface area (Å²) in [4.78, 5) is 8.06. The molecule has 0 radical (unpaired) electrons. The molecule has 34 heavy (non-hydrogen) atoms. The molecule has 0 aliphatic carbocycles. The third kappa shape index (κ3) is 6.67. The van der Waals surface area contributed by atoms with Gasteiger partial charge in [0.1, 0.15) is 10.6 Å². The predicted octanol–water partition coefficient (Wildman–Crippen LogP) is 4.87. The minimum absolute atomic E-state index is 0.0413. The van der Waals surface area contributed by atoms with Gasteiger partial charge in [-0.3, -0.25) is 4.55 Å². The van der Waals surface area contributed by atoms with Crippen LogP contribution in [0.15, 0.2) is 77.9 Å². The second-order valence-electron chi connectivity index (χ2n) is 6.08. The first kappa shape index (κ1) is 25.4. The summed E-state index contributed by atoms with van der Waals surface area (Å²) in [6, 6.07) is 10.2. The molecule has 0 aliphatic heterocycles. The molecule has 0 bridgehead atoms. The molecule has 1 aromatic heterocycles. The number of nitrogen functional groups attached to an aromatic ring is 2. The number of thioether (sulfide) groups is 1. The molecule has 0 saturated carbocycles. The first-order chi connectivity index (χ1) is 16.2. The molecule has 0 saturated heterocycles. The van der Waals surface area contributed by atoms with Crippen LogP contribution in [0, 0.1) is 0 Å². The average Bonchev–Trinajstić information content (AvgIpc) is 2.81. The van der Waals surface area contributed by atoms with Crippen LogP contribution < -0.4 is 11.5 Å². The molecule has 0 spiro atoms. The van der Waals surface area contributed by atoms with E-state index in [4.69, 9.17) is 16.7 Å². The highest BCUT2D eigenvalue weighted by atomic mass is 32.2. The number of nitrogens with zero attached hydrogens (tertiary/aromatic N) is 6. The largest absolute Gasteiger partial charge is 0.382 e. The maximum atomic E-state index is 11.9. The topological polar surface area (TPSA) is 220 Å². The molecular formula is C17H16N8O6S3. The Kier molecular flexibility index (Phi) is 8.45. The fourth-order valence-electron chi connectivity index (χ4n) is 2.36. The minimum atomic E-state index is -4.69. The molecule has 2 aromatic carbocycles. The summed E-state index contributed by atoms with van der Waals surface area (Å²) in [7, 11) is -4.69. The van der Waals surface area contributed by atoms with Crippen molar-refractivity contribution in [1.82, 2.24) is 9.97 Å². The normalized spacial score (nSPS) is 12.1. The third-order valence-corrected chi connectivity index (χ3v) is 5.88. The van der Waals surface area contributed by atoms with E-state index in [2.05, 4.69) is 39.8 Å². The van der Waals surface area contributed by atoms with Crippen molar-refractivity contribution in [2.75, 3.05) is 17.7 Å². The van der Waals surface area contributed by atoms with Gasteiger partial charge in [-0.15, -0.1) is 14.6 Å². The summed E-state index contributed by atoms with van der Waals surface area (Å²) in [5.41, 5.74) is 12.0. The standard InChI is InChI=1S/C17H16N8O6S3/c1-32-17-20-15(18)14(16(19)21-17)25-24-12-7-4-10(8-13(12)34(27,28)29)23-22-9-2-5-11(6-3-9)33-31-30-26/h2-8,26H,1H3,(H,27,28,29)(H4,18,19,20,21). The molecule has 178 valence electrons. The van der Waals surface area contributed by atoms with Gasteiger partial charge in [0.05, 0.1) is 23.4 Å². The number of hydrogen-bond acceptors (Lipinski definition) is 15. The van der Waals surface area contributed by atoms with Gasteiger partial charge >= 0.3 is 0 Å². The van der Waals surface area contributed by atoms with Crippen molar-refractivity contribution in [3.05, 3.63) is 42.5 Å². The van der Waals surface area contributed by atoms with Crippen LogP contribution in [0.1, 0.15) is 0 Å². The number of nitrogens with two attached hydrogens (primary N) is 2. The van der Waals surface area contributed by atoms with E-state index in [0.29, 0.717) is 15.7 Å². The summed E-state index contributed by atoms with van der Waals surface area (Å²) in [6.45, 7) is 0. The maximum absolute atomic E-state index is 11.9. The minimum Gasteiger partial charge on any atom is -0.382 e. The highest BCUT2D eigenvalue weighted by Gasteiger charge is 2.17. The fourth-order valence-corrected chi connectivity index (χ4v) is 3.74. The van der Waals surface area contributed by atoms with Gasteiger partial charge in [-0.2, -0.15) is 18.6 Å². The lowest BCUT2D eigenvalue weighted by atomic mass is 10.3. The van der Waals surface area contributed by atoms with E-state index in [0.717, 1.165) is 18.1 Å². The van der Waals surface area contributed by atoms with Crippen LogP contribution in [-0.4, -0.2) is 34.5 Å². The van der Waals surface area contributed by atoms with E-state index in [1.54, 1.807) is 30.5 Å². The Hall–Kier alpha value is -3.19. The molecule has 3 aromatic rings. The van der Waals surface area contributed by atoms with E-state index < -0.39 is 15.0 Å². The Morgan fingerprint density at radius 2 is 1.56 bits per heavy atom. The van der Waals surface area contributed by atoms with Crippen molar-refractivity contribution in [3.63, 3.8) is 0 Å². The Bertz CT molecular complexity index is 1310. The molecule has 0 atom stereocenters. The molecule has 0 amide bonds. The van der Waals surface area contributed by atoms with Crippen LogP contribution in [0.5, 0.6) is 0 Å². The van der Waals surface area contributed by atoms with Crippen molar-refractivity contribution in [1.29, 1.82) is 0 Å². The zero-order chi connectivity index (χ0) is 24.7. The van der Waals surface area contributed by atoms with Crippen LogP contribution >= 0.6 is 23.8 Å². The second-order valence-corrected chi connectivity index (χ2v) is 9.01. The zero-order valence-corrected chi connectivity index (χ0v) is 19.6. The lowest BCUT2D eigenvalue weighted by Gasteiger charge is -2.05. The van der Waals surface area contributed by atoms with E-state index >= 15 is 0 Å². The number of benzene rings is 2. The third-order valence-electron chi connectivity index (χ3n) is 3.86. The maximum Gasteiger partial charge on any atom is 0.296 e. The highest BCUT2D eigenvalue weighted by molar-refractivity contribution is 7.98. The van der Waals surface area contributed by atoms with Gasteiger partial charge < -0.3 is 11.5 Å². The van der Waals surface area contributed by atoms with Gasteiger partial charge in [0.2, 0.25) is 0 Å². The molecule has 3 rings (SSSR count). The van der Waals surface area contributed by atoms with Crippen LogP contribution in [-0.2, 0) is 19.5 Å². The zero-order valence-electron chi connectivity index (χ0n) is 17.1. The van der Waals surface area contributed by atoms with Crippen molar-refractivity contribution < 1.29 is 27.6 Å². The molecule has 0 aliphatic rings. The smallest absolute Gasteiger partial charge is 0.296 e. The van der Waals surface area contributed by atoms with Gasteiger partial charge in [-0.25, -0.2) is 15.2 Å². The van der Waals surface area contributed by atoms with Crippen molar-refractivity contribution in [3.8, 4) is 0 Å². The Morgan fingerprint density at radius 1 is 0.941 bits per heavy atom. The average molecular weight is 525 g/mol. The molecule has 14 nitrogen and oxygen atoms in total. The van der Waals surface area contributed by atoms with E-state index in [9.17, 15) is 13.0 Å². The number of anilines is 2. The molecule has 0 fully saturated rings. The van der Waals surface area contributed by atoms with E-state index in [1.807, 2.05) is 0 Å². The van der Waals surface area contributed by atoms with Gasteiger partial charge in [0.25, 0.3) is 10.1 Å². The molecule has 6 N–H and O–H groups in total. The summed E-state index contributed by atoms with van der Waals surface area (Å²) >= 11 is 2.00. The molecule has 1 heterocycles. The van der Waals surface area contributed by atoms with Gasteiger partial charge in [-0.1, -0.05) is 16.8 Å². The predicted molar refractivity (Wildman–Crippen MR) is 124 cm³/mol. The van der Waals surface area contributed by atoms with Crippen LogP contribution in [0.2, 0.25) is 0 Å². The number of hydrogen-bond donors (Lipinski definition) is 4. The number of aromatic nitrogens is 2. The van der Waals surface area contributed by atoms with Crippen LogP contribution in [0.3, 0.4) is 0 Å². The van der Waals surface area contributed by atoms with Gasteiger partial charge in [0.15, 0.2) is 22.5 Å². The first-order valence-corrected chi connectivity index (χ1v) is 12.3. The van der Waals surface area contributed by atoms with Crippen molar-refractivity contribution in [2.24, 2.45) is 20.5 Å². The fraction of sp³-hybridized carbons (Fsp3) is 0.0588. The Morgan fingerprint density at radius 3 is 2.15 bits per heavy atom. The number of rotatable bonds is 9. The van der Waals surface area contributed by atoms with Crippen LogP contribution in [0.4, 0.5) is 34.4 Å². The quantitative estimate of drug-likeness (QED) is 0.0560. The van der Waals surface area contributed by atoms with E-state index in [1.165, 1.54) is 23.9 Å². The lowest BCUT2D eigenvalue weighted by molar-refractivity contribution is -0.432.